The van der Waals surface area contributed by atoms with E-state index in [1.807, 2.05) is 0 Å². The van der Waals surface area contributed by atoms with Crippen LogP contribution in [0.2, 0.25) is 0 Å². The number of nitrogens with zero attached hydrogens (tertiary/aromatic N) is 2. The first-order chi connectivity index (χ1) is 27.7. The summed E-state index contributed by atoms with van der Waals surface area (Å²) < 4.78 is 39.2. The van der Waals surface area contributed by atoms with Gasteiger partial charge in [-0.05, 0) is 49.9 Å². The fourth-order valence-electron chi connectivity index (χ4n) is 3.94. The highest BCUT2D eigenvalue weighted by atomic mass is 17.1. The average molecular weight is 829 g/mol. The predicted molar refractivity (Wildman–Crippen MR) is 179 cm³/mol. The standard InChI is InChI=1S/C34H40N2O22/c37-27(51-21-31(41)57-25-11-3-1-9-23(25)33(43)53-19-29(39)49-15-5-7-17-55-35(45)46)13-14-28(38)52-22-32(42)58-26-12-4-2-10-24(26)34(44)54-20-30(40)50-16-6-8-18-56-36(47)48/h1-4,9-12,45-48H,5-8,13-22H2. The van der Waals surface area contributed by atoms with Gasteiger partial charge in [0, 0.05) is 0 Å². The summed E-state index contributed by atoms with van der Waals surface area (Å²) in [5, 5.41) is 32.8. The number of esters is 8. The summed E-state index contributed by atoms with van der Waals surface area (Å²) in [6, 6.07) is 10.6. The minimum absolute atomic E-state index is 0.0567. The SMILES string of the molecule is O=C(CCC(=O)OCC(=O)Oc1ccccc1C(=O)OCC(=O)OCCCCON(O)O)OCC(=O)Oc1ccccc1C(=O)OCC(=O)OCCCCON(O)O. The summed E-state index contributed by atoms with van der Waals surface area (Å²) in [5.74, 6) is -8.70. The van der Waals surface area contributed by atoms with Gasteiger partial charge in [0.25, 0.3) is 0 Å². The number of hydrogen-bond acceptors (Lipinski definition) is 24. The van der Waals surface area contributed by atoms with Crippen molar-refractivity contribution in [1.29, 1.82) is 0 Å². The normalized spacial score (nSPS) is 10.7. The smallest absolute Gasteiger partial charge is 0.349 e. The summed E-state index contributed by atoms with van der Waals surface area (Å²) >= 11 is 0. The van der Waals surface area contributed by atoms with E-state index in [9.17, 15) is 38.4 Å². The first-order valence-corrected chi connectivity index (χ1v) is 16.9. The number of hydrogen-bond donors (Lipinski definition) is 4. The fraction of sp³-hybridized carbons (Fsp3) is 0.412. The molecule has 0 radical (unpaired) electrons. The van der Waals surface area contributed by atoms with Crippen LogP contribution in [0.15, 0.2) is 48.5 Å². The molecule has 0 aliphatic rings. The second-order valence-corrected chi connectivity index (χ2v) is 10.9. The van der Waals surface area contributed by atoms with Gasteiger partial charge in [-0.1, -0.05) is 24.3 Å². The van der Waals surface area contributed by atoms with Gasteiger partial charge >= 0.3 is 47.8 Å². The van der Waals surface area contributed by atoms with Crippen LogP contribution in [0.5, 0.6) is 11.5 Å². The Bertz CT molecular complexity index is 1560. The Kier molecular flexibility index (Phi) is 22.8. The Balaban J connectivity index is 1.68. The lowest BCUT2D eigenvalue weighted by atomic mass is 10.2. The maximum Gasteiger partial charge on any atom is 0.349 e. The Morgan fingerprint density at radius 3 is 1.14 bits per heavy atom. The quantitative estimate of drug-likeness (QED) is 0.0321. The van der Waals surface area contributed by atoms with Crippen LogP contribution < -0.4 is 9.47 Å². The van der Waals surface area contributed by atoms with Crippen LogP contribution in [0, 0.1) is 0 Å². The first-order valence-electron chi connectivity index (χ1n) is 16.9. The third-order valence-electron chi connectivity index (χ3n) is 6.56. The van der Waals surface area contributed by atoms with Crippen LogP contribution in [-0.4, -0.2) is 132 Å². The highest BCUT2D eigenvalue weighted by molar-refractivity contribution is 5.95. The molecule has 58 heavy (non-hydrogen) atoms. The number of benzene rings is 2. The van der Waals surface area contributed by atoms with Crippen LogP contribution in [0.3, 0.4) is 0 Å². The molecule has 0 aliphatic carbocycles. The second-order valence-electron chi connectivity index (χ2n) is 10.9. The van der Waals surface area contributed by atoms with Crippen LogP contribution >= 0.6 is 0 Å². The third-order valence-corrected chi connectivity index (χ3v) is 6.56. The zero-order valence-electron chi connectivity index (χ0n) is 30.6. The average Bonchev–Trinajstić information content (AvgIpc) is 3.19. The number of ether oxygens (including phenoxy) is 8. The van der Waals surface area contributed by atoms with Crippen LogP contribution in [0.25, 0.3) is 0 Å². The zero-order valence-corrected chi connectivity index (χ0v) is 30.6. The third kappa shape index (κ3) is 21.3. The van der Waals surface area contributed by atoms with Crippen molar-refractivity contribution in [3.63, 3.8) is 0 Å². The van der Waals surface area contributed by atoms with Crippen molar-refractivity contribution in [2.24, 2.45) is 0 Å². The minimum Gasteiger partial charge on any atom is -0.463 e. The van der Waals surface area contributed by atoms with E-state index >= 15 is 0 Å². The number of unbranched alkanes of at least 4 members (excludes halogenated alkanes) is 2. The number of carbonyl (C=O) groups is 8. The van der Waals surface area contributed by atoms with Crippen molar-refractivity contribution in [1.82, 2.24) is 10.8 Å². The maximum absolute atomic E-state index is 12.5. The Morgan fingerprint density at radius 2 is 0.759 bits per heavy atom. The minimum atomic E-state index is -1.12. The monoisotopic (exact) mass is 828 g/mol. The van der Waals surface area contributed by atoms with Gasteiger partial charge in [0.2, 0.25) is 0 Å². The summed E-state index contributed by atoms with van der Waals surface area (Å²) in [5.41, 5.74) is -0.491. The largest absolute Gasteiger partial charge is 0.463 e. The molecule has 2 rings (SSSR count). The second kappa shape index (κ2) is 27.5. The Hall–Kier alpha value is -6.12. The summed E-state index contributed by atoms with van der Waals surface area (Å²) in [6.07, 6.45) is 0.104. The van der Waals surface area contributed by atoms with Gasteiger partial charge in [-0.3, -0.25) is 40.1 Å². The van der Waals surface area contributed by atoms with Crippen molar-refractivity contribution in [3.05, 3.63) is 59.7 Å². The molecule has 0 aromatic heterocycles. The Labute approximate surface area is 327 Å². The number of rotatable bonds is 27. The molecule has 0 bridgehead atoms. The summed E-state index contributed by atoms with van der Waals surface area (Å²) in [4.78, 5) is 106. The predicted octanol–water partition coefficient (Wildman–Crippen LogP) is 1.05. The molecule has 4 N–H and O–H groups in total. The molecule has 0 atom stereocenters. The lowest BCUT2D eigenvalue weighted by Crippen LogP contribution is -2.22. The molecule has 0 saturated carbocycles. The van der Waals surface area contributed by atoms with Crippen molar-refractivity contribution >= 4 is 47.8 Å². The topological polar surface area (TPSA) is 316 Å². The van der Waals surface area contributed by atoms with Gasteiger partial charge in [0.15, 0.2) is 26.4 Å². The molecule has 2 aromatic carbocycles. The molecule has 0 heterocycles. The van der Waals surface area contributed by atoms with Crippen molar-refractivity contribution in [2.45, 2.75) is 38.5 Å². The molecule has 0 unspecified atom stereocenters. The lowest BCUT2D eigenvalue weighted by Gasteiger charge is -2.11. The van der Waals surface area contributed by atoms with E-state index in [0.29, 0.717) is 25.7 Å². The van der Waals surface area contributed by atoms with E-state index in [2.05, 4.69) is 9.68 Å². The zero-order chi connectivity index (χ0) is 42.7. The molecule has 24 nitrogen and oxygen atoms in total. The molecule has 0 amide bonds. The van der Waals surface area contributed by atoms with E-state index < -0.39 is 97.8 Å². The van der Waals surface area contributed by atoms with Gasteiger partial charge in [0.1, 0.15) is 22.6 Å². The fourth-order valence-corrected chi connectivity index (χ4v) is 3.94. The molecule has 0 aliphatic heterocycles. The van der Waals surface area contributed by atoms with Crippen LogP contribution in [-0.2, 0) is 66.9 Å². The van der Waals surface area contributed by atoms with Crippen molar-refractivity contribution in [2.75, 3.05) is 52.9 Å². The lowest BCUT2D eigenvalue weighted by molar-refractivity contribution is -0.492. The highest BCUT2D eigenvalue weighted by Gasteiger charge is 2.21. The van der Waals surface area contributed by atoms with E-state index in [1.165, 1.54) is 48.5 Å². The Morgan fingerprint density at radius 1 is 0.414 bits per heavy atom. The number of carbonyl (C=O) groups excluding carboxylic acids is 8. The van der Waals surface area contributed by atoms with E-state index in [1.54, 1.807) is 0 Å². The molecule has 0 fully saturated rings. The molecule has 0 saturated heterocycles. The molecular weight excluding hydrogens is 788 g/mol. The van der Waals surface area contributed by atoms with Crippen molar-refractivity contribution in [3.8, 4) is 11.5 Å². The van der Waals surface area contributed by atoms with Crippen LogP contribution in [0.1, 0.15) is 59.2 Å². The van der Waals surface area contributed by atoms with Gasteiger partial charge in [-0.2, -0.15) is 0 Å². The van der Waals surface area contributed by atoms with Gasteiger partial charge in [-0.15, -0.1) is 0 Å². The van der Waals surface area contributed by atoms with Crippen molar-refractivity contribution < 1.29 is 107 Å². The van der Waals surface area contributed by atoms with Gasteiger partial charge < -0.3 is 37.9 Å². The summed E-state index contributed by atoms with van der Waals surface area (Å²) in [6.45, 7) is -3.64. The van der Waals surface area contributed by atoms with E-state index in [0.717, 1.165) is 0 Å². The van der Waals surface area contributed by atoms with Gasteiger partial charge in [-0.25, -0.2) is 28.8 Å². The molecule has 318 valence electrons. The molecule has 24 heteroatoms. The molecule has 0 spiro atoms. The maximum atomic E-state index is 12.5. The van der Waals surface area contributed by atoms with Gasteiger partial charge in [0.05, 0.1) is 50.0 Å². The van der Waals surface area contributed by atoms with Crippen LogP contribution in [0.4, 0.5) is 0 Å². The number of para-hydroxylation sites is 2. The summed E-state index contributed by atoms with van der Waals surface area (Å²) in [7, 11) is 0. The van der Waals surface area contributed by atoms with E-state index in [4.69, 9.17) is 58.7 Å². The molecular formula is C34H40N2O22. The highest BCUT2D eigenvalue weighted by Crippen LogP contribution is 2.20. The van der Waals surface area contributed by atoms with E-state index in [-0.39, 0.29) is 49.1 Å². The molecule has 2 aromatic rings. The first kappa shape index (κ1) is 48.0.